The molecule has 0 unspecified atom stereocenters. The van der Waals surface area contributed by atoms with Crippen molar-refractivity contribution in [3.63, 3.8) is 0 Å². The molecule has 2 saturated heterocycles. The van der Waals surface area contributed by atoms with Gasteiger partial charge in [0.15, 0.2) is 5.69 Å². The minimum atomic E-state index is -0.0937. The number of piperidine rings is 1. The molecule has 2 amide bonds. The van der Waals surface area contributed by atoms with Crippen LogP contribution in [0.4, 0.5) is 0 Å². The van der Waals surface area contributed by atoms with Gasteiger partial charge in [0, 0.05) is 45.3 Å². The van der Waals surface area contributed by atoms with Crippen LogP contribution in [0, 0.1) is 6.92 Å². The number of amides is 2. The van der Waals surface area contributed by atoms with Crippen molar-refractivity contribution in [3.8, 4) is 0 Å². The highest BCUT2D eigenvalue weighted by molar-refractivity contribution is 5.92. The third-order valence-corrected chi connectivity index (χ3v) is 4.57. The van der Waals surface area contributed by atoms with Gasteiger partial charge < -0.3 is 14.3 Å². The molecule has 3 heterocycles. The van der Waals surface area contributed by atoms with Crippen LogP contribution >= 0.6 is 0 Å². The third-order valence-electron chi connectivity index (χ3n) is 4.57. The van der Waals surface area contributed by atoms with Gasteiger partial charge in [0.25, 0.3) is 5.91 Å². The van der Waals surface area contributed by atoms with Gasteiger partial charge in [-0.25, -0.2) is 0 Å². The van der Waals surface area contributed by atoms with E-state index < -0.39 is 0 Å². The molecule has 0 saturated carbocycles. The van der Waals surface area contributed by atoms with E-state index in [1.54, 1.807) is 17.9 Å². The molecule has 2 aliphatic rings. The topological polar surface area (TPSA) is 69.9 Å². The Hall–Kier alpha value is -1.89. The van der Waals surface area contributed by atoms with Crippen molar-refractivity contribution in [2.45, 2.75) is 26.2 Å². The monoisotopic (exact) mass is 320 g/mol. The van der Waals surface area contributed by atoms with Gasteiger partial charge in [-0.05, 0) is 26.2 Å². The summed E-state index contributed by atoms with van der Waals surface area (Å²) in [7, 11) is 0. The van der Waals surface area contributed by atoms with Gasteiger partial charge >= 0.3 is 0 Å². The van der Waals surface area contributed by atoms with Gasteiger partial charge in [-0.3, -0.25) is 14.5 Å². The first kappa shape index (κ1) is 16.0. The highest BCUT2D eigenvalue weighted by Crippen LogP contribution is 2.12. The lowest BCUT2D eigenvalue weighted by Crippen LogP contribution is -2.52. The van der Waals surface area contributed by atoms with E-state index in [1.165, 1.54) is 6.42 Å². The second-order valence-electron chi connectivity index (χ2n) is 6.33. The van der Waals surface area contributed by atoms with Crippen molar-refractivity contribution in [2.75, 3.05) is 45.8 Å². The average molecular weight is 320 g/mol. The highest BCUT2D eigenvalue weighted by atomic mass is 16.5. The summed E-state index contributed by atoms with van der Waals surface area (Å²) in [6.45, 7) is 6.71. The summed E-state index contributed by atoms with van der Waals surface area (Å²) in [5.41, 5.74) is 0.361. The number of hydrogen-bond donors (Lipinski definition) is 0. The molecule has 23 heavy (non-hydrogen) atoms. The fourth-order valence-electron chi connectivity index (χ4n) is 3.17. The van der Waals surface area contributed by atoms with Crippen molar-refractivity contribution >= 4 is 11.8 Å². The first-order valence-corrected chi connectivity index (χ1v) is 8.36. The Bertz CT molecular complexity index is 557. The molecule has 2 aliphatic heterocycles. The van der Waals surface area contributed by atoms with E-state index >= 15 is 0 Å². The van der Waals surface area contributed by atoms with E-state index in [2.05, 4.69) is 10.1 Å². The Morgan fingerprint density at radius 3 is 2.35 bits per heavy atom. The van der Waals surface area contributed by atoms with Crippen LogP contribution in [0.25, 0.3) is 0 Å². The van der Waals surface area contributed by atoms with Crippen LogP contribution in [0.1, 0.15) is 35.5 Å². The quantitative estimate of drug-likeness (QED) is 0.822. The first-order valence-electron chi connectivity index (χ1n) is 8.36. The van der Waals surface area contributed by atoms with Crippen molar-refractivity contribution in [2.24, 2.45) is 0 Å². The molecular formula is C16H24N4O3. The van der Waals surface area contributed by atoms with Crippen molar-refractivity contribution in [1.82, 2.24) is 19.9 Å². The van der Waals surface area contributed by atoms with Gasteiger partial charge in [0.2, 0.25) is 5.91 Å². The van der Waals surface area contributed by atoms with E-state index in [1.807, 2.05) is 4.90 Å². The lowest BCUT2D eigenvalue weighted by Gasteiger charge is -2.35. The van der Waals surface area contributed by atoms with Gasteiger partial charge in [0.1, 0.15) is 5.76 Å². The summed E-state index contributed by atoms with van der Waals surface area (Å²) in [6.07, 6.45) is 3.46. The number of rotatable bonds is 3. The van der Waals surface area contributed by atoms with E-state index in [4.69, 9.17) is 4.52 Å². The maximum Gasteiger partial charge on any atom is 0.276 e. The molecule has 0 N–H and O–H groups in total. The number of piperazine rings is 1. The fraction of sp³-hybridized carbons (Fsp3) is 0.688. The number of hydrogen-bond acceptors (Lipinski definition) is 5. The Morgan fingerprint density at radius 2 is 1.74 bits per heavy atom. The zero-order chi connectivity index (χ0) is 16.2. The van der Waals surface area contributed by atoms with Crippen molar-refractivity contribution < 1.29 is 14.1 Å². The molecule has 1 aromatic heterocycles. The van der Waals surface area contributed by atoms with E-state index in [0.29, 0.717) is 31.1 Å². The van der Waals surface area contributed by atoms with Crippen molar-refractivity contribution in [3.05, 3.63) is 17.5 Å². The molecule has 7 heteroatoms. The maximum atomic E-state index is 12.3. The van der Waals surface area contributed by atoms with E-state index in [9.17, 15) is 9.59 Å². The molecular weight excluding hydrogens is 296 g/mol. The Kier molecular flexibility index (Phi) is 4.95. The van der Waals surface area contributed by atoms with E-state index in [0.717, 1.165) is 39.0 Å². The van der Waals surface area contributed by atoms with Crippen LogP contribution in [0.3, 0.4) is 0 Å². The Morgan fingerprint density at radius 1 is 1.04 bits per heavy atom. The molecule has 0 spiro atoms. The molecule has 0 aromatic carbocycles. The van der Waals surface area contributed by atoms with Gasteiger partial charge in [-0.15, -0.1) is 0 Å². The van der Waals surface area contributed by atoms with Crippen LogP contribution in [0.2, 0.25) is 0 Å². The molecule has 126 valence electrons. The zero-order valence-electron chi connectivity index (χ0n) is 13.7. The van der Waals surface area contributed by atoms with Crippen LogP contribution in [0.15, 0.2) is 10.6 Å². The molecule has 2 fully saturated rings. The minimum absolute atomic E-state index is 0.0937. The Balaban J connectivity index is 1.46. The smallest absolute Gasteiger partial charge is 0.276 e. The maximum absolute atomic E-state index is 12.3. The predicted octanol–water partition coefficient (Wildman–Crippen LogP) is 0.753. The summed E-state index contributed by atoms with van der Waals surface area (Å²) in [6, 6.07) is 1.66. The largest absolute Gasteiger partial charge is 0.361 e. The molecule has 0 atom stereocenters. The molecule has 0 bridgehead atoms. The van der Waals surface area contributed by atoms with Gasteiger partial charge in [-0.2, -0.15) is 0 Å². The second-order valence-corrected chi connectivity index (χ2v) is 6.33. The molecule has 1 aromatic rings. The van der Waals surface area contributed by atoms with Crippen molar-refractivity contribution in [1.29, 1.82) is 0 Å². The summed E-state index contributed by atoms with van der Waals surface area (Å²) >= 11 is 0. The van der Waals surface area contributed by atoms with Gasteiger partial charge in [-0.1, -0.05) is 5.16 Å². The third kappa shape index (κ3) is 3.90. The summed E-state index contributed by atoms with van der Waals surface area (Å²) in [4.78, 5) is 30.5. The first-order chi connectivity index (χ1) is 11.1. The summed E-state index contributed by atoms with van der Waals surface area (Å²) in [5, 5.41) is 3.78. The second kappa shape index (κ2) is 7.12. The lowest BCUT2D eigenvalue weighted by atomic mass is 10.1. The molecule has 0 aliphatic carbocycles. The van der Waals surface area contributed by atoms with Crippen LogP contribution in [-0.4, -0.2) is 77.5 Å². The number of carbonyl (C=O) groups is 2. The molecule has 0 radical (unpaired) electrons. The zero-order valence-corrected chi connectivity index (χ0v) is 13.7. The number of likely N-dealkylation sites (tertiary alicyclic amines) is 1. The van der Waals surface area contributed by atoms with Crippen LogP contribution < -0.4 is 0 Å². The summed E-state index contributed by atoms with van der Waals surface area (Å²) in [5.74, 6) is 0.763. The van der Waals surface area contributed by atoms with E-state index in [-0.39, 0.29) is 11.8 Å². The highest BCUT2D eigenvalue weighted by Gasteiger charge is 2.26. The standard InChI is InChI=1S/C16H24N4O3/c1-13-11-14(17-23-13)16(22)20-9-7-18(8-10-20)12-15(21)19-5-3-2-4-6-19/h11H,2-10,12H2,1H3. The van der Waals surface area contributed by atoms with Crippen LogP contribution in [0.5, 0.6) is 0 Å². The number of nitrogens with zero attached hydrogens (tertiary/aromatic N) is 4. The Labute approximate surface area is 136 Å². The van der Waals surface area contributed by atoms with Crippen LogP contribution in [-0.2, 0) is 4.79 Å². The molecule has 3 rings (SSSR count). The average Bonchev–Trinajstić information content (AvgIpc) is 3.02. The summed E-state index contributed by atoms with van der Waals surface area (Å²) < 4.78 is 4.96. The minimum Gasteiger partial charge on any atom is -0.361 e. The number of carbonyl (C=O) groups excluding carboxylic acids is 2. The van der Waals surface area contributed by atoms with Gasteiger partial charge in [0.05, 0.1) is 6.54 Å². The normalized spacial score (nSPS) is 19.9. The molecule has 7 nitrogen and oxygen atoms in total. The SMILES string of the molecule is Cc1cc(C(=O)N2CCN(CC(=O)N3CCCCC3)CC2)no1. The predicted molar refractivity (Wildman–Crippen MR) is 84.0 cm³/mol. The number of aromatic nitrogens is 1. The fourth-order valence-corrected chi connectivity index (χ4v) is 3.17. The number of aryl methyl sites for hydroxylation is 1. The lowest BCUT2D eigenvalue weighted by molar-refractivity contribution is -0.133.